The van der Waals surface area contributed by atoms with Crippen LogP contribution in [0.5, 0.6) is 5.75 Å². The quantitative estimate of drug-likeness (QED) is 0.427. The molecule has 1 aliphatic heterocycles. The molecule has 0 radical (unpaired) electrons. The van der Waals surface area contributed by atoms with Gasteiger partial charge in [0.05, 0.1) is 31.6 Å². The van der Waals surface area contributed by atoms with Crippen molar-refractivity contribution in [1.82, 2.24) is 4.31 Å². The molecule has 0 saturated carbocycles. The van der Waals surface area contributed by atoms with Gasteiger partial charge in [-0.2, -0.15) is 4.31 Å². The number of nitrogens with zero attached hydrogens (tertiary/aromatic N) is 1. The monoisotopic (exact) mass is 485 g/mol. The second-order valence-electron chi connectivity index (χ2n) is 7.82. The summed E-state index contributed by atoms with van der Waals surface area (Å²) in [5.41, 5.74) is 1.53. The van der Waals surface area contributed by atoms with Gasteiger partial charge in [0.15, 0.2) is 0 Å². The van der Waals surface area contributed by atoms with E-state index >= 15 is 0 Å². The number of hydrogen-bond donors (Lipinski definition) is 0. The summed E-state index contributed by atoms with van der Waals surface area (Å²) < 4.78 is 48.6. The van der Waals surface area contributed by atoms with E-state index in [4.69, 9.17) is 18.6 Å². The predicted molar refractivity (Wildman–Crippen MR) is 125 cm³/mol. The van der Waals surface area contributed by atoms with Gasteiger partial charge in [0, 0.05) is 25.1 Å². The van der Waals surface area contributed by atoms with E-state index in [1.807, 2.05) is 36.4 Å². The average molecular weight is 486 g/mol. The van der Waals surface area contributed by atoms with Crippen LogP contribution in [0, 0.1) is 0 Å². The van der Waals surface area contributed by atoms with E-state index in [0.717, 1.165) is 11.3 Å². The zero-order valence-corrected chi connectivity index (χ0v) is 19.8. The van der Waals surface area contributed by atoms with Crippen LogP contribution in [0.2, 0.25) is 0 Å². The van der Waals surface area contributed by atoms with Gasteiger partial charge < -0.3 is 18.6 Å². The number of benzene rings is 2. The SMILES string of the molecule is COc1ccc(-c2ccc(CCC(=O)OCc3cccc(S(=O)(=O)N4CCOCC4)c3)o2)cc1. The van der Waals surface area contributed by atoms with E-state index in [1.54, 1.807) is 31.4 Å². The third-order valence-corrected chi connectivity index (χ3v) is 7.41. The molecular formula is C25H27NO7S. The van der Waals surface area contributed by atoms with Crippen molar-refractivity contribution in [2.45, 2.75) is 24.3 Å². The number of carbonyl (C=O) groups excluding carboxylic acids is 1. The van der Waals surface area contributed by atoms with Crippen molar-refractivity contribution in [2.75, 3.05) is 33.4 Å². The van der Waals surface area contributed by atoms with Gasteiger partial charge in [-0.3, -0.25) is 4.79 Å². The van der Waals surface area contributed by atoms with Crippen LogP contribution in [0.25, 0.3) is 11.3 Å². The van der Waals surface area contributed by atoms with Gasteiger partial charge in [-0.15, -0.1) is 0 Å². The first-order valence-electron chi connectivity index (χ1n) is 11.0. The van der Waals surface area contributed by atoms with Crippen molar-refractivity contribution >= 4 is 16.0 Å². The number of rotatable bonds is 9. The molecule has 1 saturated heterocycles. The highest BCUT2D eigenvalue weighted by Gasteiger charge is 2.26. The lowest BCUT2D eigenvalue weighted by atomic mass is 10.2. The first-order chi connectivity index (χ1) is 16.5. The fourth-order valence-electron chi connectivity index (χ4n) is 3.62. The van der Waals surface area contributed by atoms with E-state index in [9.17, 15) is 13.2 Å². The molecule has 4 rings (SSSR count). The Balaban J connectivity index is 1.29. The van der Waals surface area contributed by atoms with Crippen LogP contribution in [-0.4, -0.2) is 52.1 Å². The Morgan fingerprint density at radius 3 is 2.53 bits per heavy atom. The molecule has 34 heavy (non-hydrogen) atoms. The summed E-state index contributed by atoms with van der Waals surface area (Å²) in [6.45, 7) is 1.42. The minimum absolute atomic E-state index is 0.000553. The molecule has 1 fully saturated rings. The number of sulfonamides is 1. The molecule has 0 N–H and O–H groups in total. The Morgan fingerprint density at radius 2 is 1.79 bits per heavy atom. The van der Waals surface area contributed by atoms with Gasteiger partial charge in [0.25, 0.3) is 0 Å². The third-order valence-electron chi connectivity index (χ3n) is 5.52. The van der Waals surface area contributed by atoms with Gasteiger partial charge in [-0.1, -0.05) is 12.1 Å². The van der Waals surface area contributed by atoms with E-state index in [-0.39, 0.29) is 23.9 Å². The molecule has 9 heteroatoms. The van der Waals surface area contributed by atoms with Crippen LogP contribution in [-0.2, 0) is 37.3 Å². The number of furan rings is 1. The highest BCUT2D eigenvalue weighted by molar-refractivity contribution is 7.89. The second kappa shape index (κ2) is 10.9. The first kappa shape index (κ1) is 24.0. The Bertz CT molecular complexity index is 1210. The summed E-state index contributed by atoms with van der Waals surface area (Å²) in [7, 11) is -1.99. The zero-order chi connectivity index (χ0) is 24.0. The van der Waals surface area contributed by atoms with Crippen molar-refractivity contribution in [3.63, 3.8) is 0 Å². The zero-order valence-electron chi connectivity index (χ0n) is 18.9. The van der Waals surface area contributed by atoms with Crippen molar-refractivity contribution in [1.29, 1.82) is 0 Å². The van der Waals surface area contributed by atoms with E-state index in [2.05, 4.69) is 0 Å². The minimum Gasteiger partial charge on any atom is -0.497 e. The number of aryl methyl sites for hydroxylation is 1. The number of morpholine rings is 1. The van der Waals surface area contributed by atoms with Gasteiger partial charge in [0.2, 0.25) is 10.0 Å². The number of ether oxygens (including phenoxy) is 3. The third kappa shape index (κ3) is 5.85. The normalized spacial score (nSPS) is 14.6. The lowest BCUT2D eigenvalue weighted by Gasteiger charge is -2.26. The average Bonchev–Trinajstić information content (AvgIpc) is 3.36. The summed E-state index contributed by atoms with van der Waals surface area (Å²) in [5, 5.41) is 0. The van der Waals surface area contributed by atoms with Gasteiger partial charge in [-0.25, -0.2) is 8.42 Å². The largest absolute Gasteiger partial charge is 0.497 e. The smallest absolute Gasteiger partial charge is 0.306 e. The maximum atomic E-state index is 12.8. The topological polar surface area (TPSA) is 95.3 Å². The van der Waals surface area contributed by atoms with E-state index in [1.165, 1.54) is 4.31 Å². The summed E-state index contributed by atoms with van der Waals surface area (Å²) in [5.74, 6) is 1.78. The van der Waals surface area contributed by atoms with Crippen molar-refractivity contribution < 1.29 is 31.8 Å². The van der Waals surface area contributed by atoms with Crippen LogP contribution in [0.3, 0.4) is 0 Å². The standard InChI is InChI=1S/C25H27NO7S/c1-30-21-7-5-20(6-8-21)24-11-9-22(33-24)10-12-25(27)32-18-19-3-2-4-23(17-19)34(28,29)26-13-15-31-16-14-26/h2-9,11,17H,10,12-16,18H2,1H3. The summed E-state index contributed by atoms with van der Waals surface area (Å²) >= 11 is 0. The molecule has 0 bridgehead atoms. The first-order valence-corrected chi connectivity index (χ1v) is 12.5. The Hall–Kier alpha value is -3.14. The fraction of sp³-hybridized carbons (Fsp3) is 0.320. The number of methoxy groups -OCH3 is 1. The molecule has 0 spiro atoms. The number of hydrogen-bond acceptors (Lipinski definition) is 7. The molecular weight excluding hydrogens is 458 g/mol. The molecule has 8 nitrogen and oxygen atoms in total. The molecule has 180 valence electrons. The second-order valence-corrected chi connectivity index (χ2v) is 9.76. The summed E-state index contributed by atoms with van der Waals surface area (Å²) in [4.78, 5) is 12.4. The molecule has 0 atom stereocenters. The van der Waals surface area contributed by atoms with E-state index in [0.29, 0.717) is 49.8 Å². The van der Waals surface area contributed by atoms with Gasteiger partial charge in [0.1, 0.15) is 23.9 Å². The fourth-order valence-corrected chi connectivity index (χ4v) is 5.09. The van der Waals surface area contributed by atoms with Gasteiger partial charge >= 0.3 is 5.97 Å². The lowest BCUT2D eigenvalue weighted by Crippen LogP contribution is -2.40. The lowest BCUT2D eigenvalue weighted by molar-refractivity contribution is -0.145. The summed E-state index contributed by atoms with van der Waals surface area (Å²) in [6.07, 6.45) is 0.557. The maximum absolute atomic E-state index is 12.8. The van der Waals surface area contributed by atoms with Gasteiger partial charge in [-0.05, 0) is 54.1 Å². The Labute approximate surface area is 199 Å². The number of carbonyl (C=O) groups is 1. The minimum atomic E-state index is -3.60. The predicted octanol–water partition coefficient (Wildman–Crippen LogP) is 3.65. The molecule has 0 amide bonds. The molecule has 1 aromatic heterocycles. The summed E-state index contributed by atoms with van der Waals surface area (Å²) in [6, 6.07) is 17.7. The van der Waals surface area contributed by atoms with Crippen LogP contribution in [0.4, 0.5) is 0 Å². The Kier molecular flexibility index (Phi) is 7.66. The van der Waals surface area contributed by atoms with Crippen molar-refractivity contribution in [3.8, 4) is 17.1 Å². The van der Waals surface area contributed by atoms with Crippen LogP contribution >= 0.6 is 0 Å². The molecule has 0 unspecified atom stereocenters. The molecule has 2 heterocycles. The molecule has 1 aliphatic rings. The highest BCUT2D eigenvalue weighted by atomic mass is 32.2. The Morgan fingerprint density at radius 1 is 1.03 bits per heavy atom. The van der Waals surface area contributed by atoms with Crippen molar-refractivity contribution in [2.24, 2.45) is 0 Å². The van der Waals surface area contributed by atoms with Crippen LogP contribution in [0.1, 0.15) is 17.7 Å². The van der Waals surface area contributed by atoms with Crippen LogP contribution < -0.4 is 4.74 Å². The maximum Gasteiger partial charge on any atom is 0.306 e. The molecule has 3 aromatic rings. The van der Waals surface area contributed by atoms with E-state index < -0.39 is 10.0 Å². The highest BCUT2D eigenvalue weighted by Crippen LogP contribution is 2.25. The van der Waals surface area contributed by atoms with Crippen LogP contribution in [0.15, 0.2) is 70.0 Å². The van der Waals surface area contributed by atoms with Crippen molar-refractivity contribution in [3.05, 3.63) is 72.0 Å². The molecule has 2 aromatic carbocycles. The number of esters is 1. The molecule has 0 aliphatic carbocycles.